The summed E-state index contributed by atoms with van der Waals surface area (Å²) < 4.78 is 59.3. The lowest BCUT2D eigenvalue weighted by Gasteiger charge is -2.11. The van der Waals surface area contributed by atoms with E-state index in [9.17, 15) is 26.4 Å². The number of halogens is 4. The molecule has 10 heteroatoms. The first kappa shape index (κ1) is 14.8. The van der Waals surface area contributed by atoms with Crippen molar-refractivity contribution in [3.8, 4) is 0 Å². The largest absolute Gasteiger partial charge is 0.516 e. The summed E-state index contributed by atoms with van der Waals surface area (Å²) in [6.45, 7) is 0. The molecule has 0 saturated heterocycles. The molecule has 0 heterocycles. The lowest BCUT2D eigenvalue weighted by molar-refractivity contribution is -0.0429. The summed E-state index contributed by atoms with van der Waals surface area (Å²) >= 11 is 2.86. The van der Waals surface area contributed by atoms with Crippen molar-refractivity contribution < 1.29 is 31.5 Å². The van der Waals surface area contributed by atoms with Gasteiger partial charge in [0, 0.05) is 4.47 Å². The second kappa shape index (κ2) is 4.76. The highest BCUT2D eigenvalue weighted by molar-refractivity contribution is 9.10. The lowest BCUT2D eigenvalue weighted by Crippen LogP contribution is -2.30. The Kier molecular flexibility index (Phi) is 3.91. The zero-order valence-corrected chi connectivity index (χ0v) is 10.7. The smallest absolute Gasteiger partial charge is 0.478 e. The first-order chi connectivity index (χ1) is 8.03. The summed E-state index contributed by atoms with van der Waals surface area (Å²) in [5, 5.41) is 8.67. The Balaban J connectivity index is 3.17. The second-order valence-corrected chi connectivity index (χ2v) is 5.67. The van der Waals surface area contributed by atoms with Crippen LogP contribution in [0.15, 0.2) is 22.7 Å². The van der Waals surface area contributed by atoms with E-state index in [1.54, 1.807) is 0 Å². The van der Waals surface area contributed by atoms with Gasteiger partial charge in [-0.3, -0.25) is 4.72 Å². The molecule has 0 aliphatic rings. The van der Waals surface area contributed by atoms with Gasteiger partial charge < -0.3 is 5.11 Å². The molecule has 1 aromatic carbocycles. The third kappa shape index (κ3) is 3.35. The van der Waals surface area contributed by atoms with E-state index in [1.165, 1.54) is 4.72 Å². The molecule has 1 rings (SSSR count). The van der Waals surface area contributed by atoms with Crippen LogP contribution in [0, 0.1) is 0 Å². The molecular formula is C8H5BrF3NO4S. The standard InChI is InChI=1S/C8H5BrF3NO4S/c9-5-1-4(7(14)15)2-6(3-5)13-18(16,17)8(10,11)12/h1-3,13H,(H,14,15). The van der Waals surface area contributed by atoms with Crippen molar-refractivity contribution in [1.82, 2.24) is 0 Å². The molecule has 0 aliphatic carbocycles. The predicted molar refractivity (Wildman–Crippen MR) is 59.7 cm³/mol. The van der Waals surface area contributed by atoms with Crippen molar-refractivity contribution >= 4 is 37.6 Å². The van der Waals surface area contributed by atoms with Crippen LogP contribution in [-0.2, 0) is 10.0 Å². The lowest BCUT2D eigenvalue weighted by atomic mass is 10.2. The Morgan fingerprint density at radius 3 is 2.28 bits per heavy atom. The summed E-state index contributed by atoms with van der Waals surface area (Å²) in [5.74, 6) is -1.40. The molecule has 0 amide bonds. The number of nitrogens with one attached hydrogen (secondary N) is 1. The number of sulfonamides is 1. The normalized spacial score (nSPS) is 12.2. The maximum atomic E-state index is 12.1. The summed E-state index contributed by atoms with van der Waals surface area (Å²) in [5.41, 5.74) is -6.33. The van der Waals surface area contributed by atoms with Gasteiger partial charge in [0.2, 0.25) is 0 Å². The van der Waals surface area contributed by atoms with Gasteiger partial charge in [-0.2, -0.15) is 21.6 Å². The topological polar surface area (TPSA) is 83.5 Å². The van der Waals surface area contributed by atoms with Crippen LogP contribution < -0.4 is 4.72 Å². The third-order valence-corrected chi connectivity index (χ3v) is 3.27. The Labute approximate surface area is 108 Å². The monoisotopic (exact) mass is 347 g/mol. The molecule has 100 valence electrons. The van der Waals surface area contributed by atoms with Crippen molar-refractivity contribution in [2.24, 2.45) is 0 Å². The Morgan fingerprint density at radius 1 is 1.28 bits per heavy atom. The van der Waals surface area contributed by atoms with E-state index in [0.717, 1.165) is 18.2 Å². The zero-order chi connectivity index (χ0) is 14.1. The molecule has 0 aromatic heterocycles. The Morgan fingerprint density at radius 2 is 1.83 bits per heavy atom. The van der Waals surface area contributed by atoms with E-state index in [0.29, 0.717) is 0 Å². The van der Waals surface area contributed by atoms with Gasteiger partial charge in [0.25, 0.3) is 0 Å². The number of carbonyl (C=O) groups is 1. The van der Waals surface area contributed by atoms with Gasteiger partial charge in [-0.15, -0.1) is 0 Å². The average Bonchev–Trinajstić information content (AvgIpc) is 2.13. The second-order valence-electron chi connectivity index (χ2n) is 3.08. The van der Waals surface area contributed by atoms with Crippen LogP contribution in [-0.4, -0.2) is 25.0 Å². The Hall–Kier alpha value is -1.29. The van der Waals surface area contributed by atoms with Gasteiger partial charge in [-0.1, -0.05) is 15.9 Å². The Bertz CT molecular complexity index is 584. The van der Waals surface area contributed by atoms with Gasteiger partial charge in [0.15, 0.2) is 0 Å². The average molecular weight is 348 g/mol. The maximum Gasteiger partial charge on any atom is 0.516 e. The molecule has 5 nitrogen and oxygen atoms in total. The van der Waals surface area contributed by atoms with E-state index in [1.807, 2.05) is 0 Å². The molecule has 0 saturated carbocycles. The quantitative estimate of drug-likeness (QED) is 0.879. The first-order valence-corrected chi connectivity index (χ1v) is 6.43. The van der Waals surface area contributed by atoms with Crippen molar-refractivity contribution in [1.29, 1.82) is 0 Å². The number of benzene rings is 1. The summed E-state index contributed by atoms with van der Waals surface area (Å²) in [6.07, 6.45) is 0. The molecule has 0 aliphatic heterocycles. The van der Waals surface area contributed by atoms with Crippen LogP contribution in [0.4, 0.5) is 18.9 Å². The van der Waals surface area contributed by atoms with Crippen molar-refractivity contribution in [3.63, 3.8) is 0 Å². The number of anilines is 1. The van der Waals surface area contributed by atoms with Crippen LogP contribution in [0.2, 0.25) is 0 Å². The van der Waals surface area contributed by atoms with Gasteiger partial charge in [-0.05, 0) is 18.2 Å². The van der Waals surface area contributed by atoms with E-state index in [4.69, 9.17) is 5.11 Å². The molecule has 0 atom stereocenters. The number of aromatic carboxylic acids is 1. The fourth-order valence-electron chi connectivity index (χ4n) is 0.985. The molecular weight excluding hydrogens is 343 g/mol. The predicted octanol–water partition coefficient (Wildman–Crippen LogP) is 2.41. The third-order valence-electron chi connectivity index (χ3n) is 1.70. The highest BCUT2D eigenvalue weighted by Crippen LogP contribution is 2.27. The molecule has 18 heavy (non-hydrogen) atoms. The van der Waals surface area contributed by atoms with Gasteiger partial charge in [0.1, 0.15) is 0 Å². The van der Waals surface area contributed by atoms with E-state index < -0.39 is 27.2 Å². The van der Waals surface area contributed by atoms with Crippen LogP contribution in [0.3, 0.4) is 0 Å². The minimum Gasteiger partial charge on any atom is -0.478 e. The van der Waals surface area contributed by atoms with Crippen LogP contribution >= 0.6 is 15.9 Å². The fourth-order valence-corrected chi connectivity index (χ4v) is 2.02. The van der Waals surface area contributed by atoms with E-state index >= 15 is 0 Å². The summed E-state index contributed by atoms with van der Waals surface area (Å²) in [4.78, 5) is 10.6. The summed E-state index contributed by atoms with van der Waals surface area (Å²) in [7, 11) is -5.57. The van der Waals surface area contributed by atoms with Gasteiger partial charge in [0.05, 0.1) is 11.3 Å². The number of hydrogen-bond donors (Lipinski definition) is 2. The highest BCUT2D eigenvalue weighted by atomic mass is 79.9. The van der Waals surface area contributed by atoms with Gasteiger partial charge >= 0.3 is 21.5 Å². The molecule has 2 N–H and O–H groups in total. The number of alkyl halides is 3. The zero-order valence-electron chi connectivity index (χ0n) is 8.32. The molecule has 0 fully saturated rings. The molecule has 0 spiro atoms. The van der Waals surface area contributed by atoms with Crippen LogP contribution in [0.1, 0.15) is 10.4 Å². The number of carboxylic acids is 1. The van der Waals surface area contributed by atoms with E-state index in [-0.39, 0.29) is 10.0 Å². The molecule has 0 bridgehead atoms. The molecule has 0 radical (unpaired) electrons. The number of hydrogen-bond acceptors (Lipinski definition) is 3. The fraction of sp³-hybridized carbons (Fsp3) is 0.125. The first-order valence-electron chi connectivity index (χ1n) is 4.16. The highest BCUT2D eigenvalue weighted by Gasteiger charge is 2.46. The van der Waals surface area contributed by atoms with Crippen molar-refractivity contribution in [3.05, 3.63) is 28.2 Å². The van der Waals surface area contributed by atoms with E-state index in [2.05, 4.69) is 15.9 Å². The van der Waals surface area contributed by atoms with Gasteiger partial charge in [-0.25, -0.2) is 4.79 Å². The molecule has 0 unspecified atom stereocenters. The van der Waals surface area contributed by atoms with Crippen molar-refractivity contribution in [2.45, 2.75) is 5.51 Å². The number of rotatable bonds is 3. The SMILES string of the molecule is O=C(O)c1cc(Br)cc(NS(=O)(=O)C(F)(F)F)c1. The minimum atomic E-state index is -5.57. The van der Waals surface area contributed by atoms with Crippen LogP contribution in [0.25, 0.3) is 0 Å². The minimum absolute atomic E-state index is 0.127. The number of carboxylic acid groups (broad SMARTS) is 1. The molecule has 1 aromatic rings. The van der Waals surface area contributed by atoms with Crippen LogP contribution in [0.5, 0.6) is 0 Å². The van der Waals surface area contributed by atoms with Crippen molar-refractivity contribution in [2.75, 3.05) is 4.72 Å². The summed E-state index contributed by atoms with van der Waals surface area (Å²) in [6, 6.07) is 2.90. The maximum absolute atomic E-state index is 12.1.